The predicted molar refractivity (Wildman–Crippen MR) is 115 cm³/mol. The Morgan fingerprint density at radius 3 is 2.52 bits per heavy atom. The van der Waals surface area contributed by atoms with Crippen molar-refractivity contribution in [3.63, 3.8) is 0 Å². The molecule has 0 aliphatic carbocycles. The van der Waals surface area contributed by atoms with Gasteiger partial charge >= 0.3 is 0 Å². The van der Waals surface area contributed by atoms with Gasteiger partial charge in [0.25, 0.3) is 5.91 Å². The number of hydrogen-bond acceptors (Lipinski definition) is 6. The lowest BCUT2D eigenvalue weighted by Crippen LogP contribution is -2.30. The van der Waals surface area contributed by atoms with Gasteiger partial charge < -0.3 is 19.2 Å². The Morgan fingerprint density at radius 2 is 1.87 bits per heavy atom. The number of methoxy groups -OCH3 is 2. The third-order valence-electron chi connectivity index (χ3n) is 4.82. The van der Waals surface area contributed by atoms with E-state index in [4.69, 9.17) is 13.9 Å². The van der Waals surface area contributed by atoms with Crippen LogP contribution in [0.4, 0.5) is 10.1 Å². The number of hydrogen-bond donors (Lipinski definition) is 1. The molecule has 0 bridgehead atoms. The zero-order chi connectivity index (χ0) is 22.4. The van der Waals surface area contributed by atoms with E-state index in [2.05, 4.69) is 29.0 Å². The highest BCUT2D eigenvalue weighted by Gasteiger charge is 2.19. The number of carbonyl (C=O) groups is 1. The normalized spacial score (nSPS) is 11.1. The molecule has 1 amide bonds. The topological polar surface area (TPSA) is 76.8 Å². The summed E-state index contributed by atoms with van der Waals surface area (Å²) >= 11 is 0. The van der Waals surface area contributed by atoms with E-state index in [-0.39, 0.29) is 17.6 Å². The van der Waals surface area contributed by atoms with E-state index >= 15 is 0 Å². The van der Waals surface area contributed by atoms with Crippen molar-refractivity contribution in [1.29, 1.82) is 0 Å². The Balaban J connectivity index is 1.70. The molecule has 0 fully saturated rings. The van der Waals surface area contributed by atoms with Gasteiger partial charge in [-0.3, -0.25) is 9.69 Å². The molecular weight excluding hydrogens is 401 g/mol. The number of halogens is 1. The van der Waals surface area contributed by atoms with E-state index in [0.717, 1.165) is 17.1 Å². The second-order valence-electron chi connectivity index (χ2n) is 7.26. The van der Waals surface area contributed by atoms with Gasteiger partial charge in [0.05, 0.1) is 20.8 Å². The van der Waals surface area contributed by atoms with E-state index in [1.165, 1.54) is 30.5 Å². The fraction of sp³-hybridized carbons (Fsp3) is 0.304. The average Bonchev–Trinajstić information content (AvgIpc) is 3.23. The van der Waals surface area contributed by atoms with Gasteiger partial charge in [0.1, 0.15) is 23.6 Å². The van der Waals surface area contributed by atoms with E-state index in [9.17, 15) is 9.18 Å². The van der Waals surface area contributed by atoms with Crippen LogP contribution in [0.5, 0.6) is 11.5 Å². The highest BCUT2D eigenvalue weighted by atomic mass is 19.1. The summed E-state index contributed by atoms with van der Waals surface area (Å²) in [5, 5.41) is 2.67. The maximum atomic E-state index is 13.0. The third kappa shape index (κ3) is 5.82. The molecule has 1 N–H and O–H groups in total. The molecule has 0 aliphatic rings. The molecule has 31 heavy (non-hydrogen) atoms. The van der Waals surface area contributed by atoms with Crippen molar-refractivity contribution in [3.05, 3.63) is 71.7 Å². The number of anilines is 1. The van der Waals surface area contributed by atoms with Crippen LogP contribution < -0.4 is 14.8 Å². The highest BCUT2D eigenvalue weighted by molar-refractivity contribution is 6.02. The number of aromatic nitrogens is 1. The van der Waals surface area contributed by atoms with Gasteiger partial charge in [0.15, 0.2) is 5.69 Å². The molecule has 0 saturated carbocycles. The maximum Gasteiger partial charge on any atom is 0.277 e. The molecule has 2 aromatic carbocycles. The SMILES string of the molecule is COc1ccc(OC)c(CN(Cc2nc(C(=O)Nc3ccc(F)cc3)co2)C(C)C)c1. The van der Waals surface area contributed by atoms with Crippen molar-refractivity contribution in [1.82, 2.24) is 9.88 Å². The van der Waals surface area contributed by atoms with Gasteiger partial charge in [-0.05, 0) is 56.3 Å². The molecule has 7 nitrogen and oxygen atoms in total. The van der Waals surface area contributed by atoms with Crippen molar-refractivity contribution in [3.8, 4) is 11.5 Å². The maximum absolute atomic E-state index is 13.0. The van der Waals surface area contributed by atoms with Crippen LogP contribution in [0.25, 0.3) is 0 Å². The van der Waals surface area contributed by atoms with Crippen LogP contribution in [-0.4, -0.2) is 36.1 Å². The van der Waals surface area contributed by atoms with Crippen LogP contribution in [0.1, 0.15) is 35.8 Å². The first-order valence-corrected chi connectivity index (χ1v) is 9.86. The number of oxazole rings is 1. The standard InChI is InChI=1S/C23H26FN3O4/c1-15(2)27(12-16-11-19(29-3)9-10-21(16)30-4)13-22-26-20(14-31-22)23(28)25-18-7-5-17(24)6-8-18/h5-11,14-15H,12-13H2,1-4H3,(H,25,28). The lowest BCUT2D eigenvalue weighted by molar-refractivity contribution is 0.102. The zero-order valence-corrected chi connectivity index (χ0v) is 18.0. The molecule has 3 rings (SSSR count). The van der Waals surface area contributed by atoms with Crippen LogP contribution in [-0.2, 0) is 13.1 Å². The first-order chi connectivity index (χ1) is 14.9. The largest absolute Gasteiger partial charge is 0.497 e. The molecule has 164 valence electrons. The molecule has 0 saturated heterocycles. The second-order valence-corrected chi connectivity index (χ2v) is 7.26. The zero-order valence-electron chi connectivity index (χ0n) is 18.0. The van der Waals surface area contributed by atoms with E-state index in [1.54, 1.807) is 14.2 Å². The molecule has 3 aromatic rings. The number of amides is 1. The average molecular weight is 427 g/mol. The molecule has 1 heterocycles. The van der Waals surface area contributed by atoms with Crippen molar-refractivity contribution in [2.75, 3.05) is 19.5 Å². The monoisotopic (exact) mass is 427 g/mol. The minimum absolute atomic E-state index is 0.155. The molecule has 8 heteroatoms. The summed E-state index contributed by atoms with van der Waals surface area (Å²) < 4.78 is 29.4. The summed E-state index contributed by atoms with van der Waals surface area (Å²) in [5.74, 6) is 1.13. The van der Waals surface area contributed by atoms with Crippen LogP contribution in [0, 0.1) is 5.82 Å². The van der Waals surface area contributed by atoms with Crippen molar-refractivity contribution in [2.24, 2.45) is 0 Å². The van der Waals surface area contributed by atoms with Crippen LogP contribution in [0.15, 0.2) is 53.1 Å². The minimum Gasteiger partial charge on any atom is -0.497 e. The number of carbonyl (C=O) groups excluding carboxylic acids is 1. The van der Waals surface area contributed by atoms with Crippen molar-refractivity contribution >= 4 is 11.6 Å². The third-order valence-corrected chi connectivity index (χ3v) is 4.82. The van der Waals surface area contributed by atoms with Crippen LogP contribution in [0.2, 0.25) is 0 Å². The number of rotatable bonds is 9. The number of nitrogens with one attached hydrogen (secondary N) is 1. The van der Waals surface area contributed by atoms with E-state index in [1.807, 2.05) is 18.2 Å². The number of nitrogens with zero attached hydrogens (tertiary/aromatic N) is 2. The van der Waals surface area contributed by atoms with Crippen molar-refractivity contribution in [2.45, 2.75) is 33.0 Å². The van der Waals surface area contributed by atoms with Crippen molar-refractivity contribution < 1.29 is 23.1 Å². The Labute approximate surface area is 180 Å². The van der Waals surface area contributed by atoms with Crippen LogP contribution >= 0.6 is 0 Å². The van der Waals surface area contributed by atoms with Gasteiger partial charge in [-0.25, -0.2) is 9.37 Å². The first kappa shape index (κ1) is 22.3. The molecule has 1 aromatic heterocycles. The molecule has 0 radical (unpaired) electrons. The Kier molecular flexibility index (Phi) is 7.25. The predicted octanol–water partition coefficient (Wildman–Crippen LogP) is 4.49. The molecule has 0 aliphatic heterocycles. The van der Waals surface area contributed by atoms with Gasteiger partial charge in [-0.1, -0.05) is 0 Å². The quantitative estimate of drug-likeness (QED) is 0.542. The summed E-state index contributed by atoms with van der Waals surface area (Å²) in [7, 11) is 3.25. The summed E-state index contributed by atoms with van der Waals surface area (Å²) in [6, 6.07) is 11.4. The summed E-state index contributed by atoms with van der Waals surface area (Å²) in [6.07, 6.45) is 1.32. The molecule has 0 unspecified atom stereocenters. The smallest absolute Gasteiger partial charge is 0.277 e. The summed E-state index contributed by atoms with van der Waals surface area (Å²) in [6.45, 7) is 5.12. The Hall–Kier alpha value is -3.39. The number of benzene rings is 2. The fourth-order valence-electron chi connectivity index (χ4n) is 3.04. The Bertz CT molecular complexity index is 1020. The van der Waals surface area contributed by atoms with Gasteiger partial charge in [-0.15, -0.1) is 0 Å². The van der Waals surface area contributed by atoms with E-state index in [0.29, 0.717) is 24.7 Å². The summed E-state index contributed by atoms with van der Waals surface area (Å²) in [5.41, 5.74) is 1.60. The lowest BCUT2D eigenvalue weighted by Gasteiger charge is -2.26. The highest BCUT2D eigenvalue weighted by Crippen LogP contribution is 2.26. The molecule has 0 atom stereocenters. The van der Waals surface area contributed by atoms with Gasteiger partial charge in [0, 0.05) is 23.8 Å². The molecule has 0 spiro atoms. The first-order valence-electron chi connectivity index (χ1n) is 9.86. The van der Waals surface area contributed by atoms with Gasteiger partial charge in [0.2, 0.25) is 5.89 Å². The number of ether oxygens (including phenoxy) is 2. The lowest BCUT2D eigenvalue weighted by atomic mass is 10.1. The molecular formula is C23H26FN3O4. The minimum atomic E-state index is -0.424. The second kappa shape index (κ2) is 10.1. The fourth-order valence-corrected chi connectivity index (χ4v) is 3.04. The Morgan fingerprint density at radius 1 is 1.13 bits per heavy atom. The summed E-state index contributed by atoms with van der Waals surface area (Å²) in [4.78, 5) is 18.9. The van der Waals surface area contributed by atoms with E-state index < -0.39 is 5.91 Å². The van der Waals surface area contributed by atoms with Gasteiger partial charge in [-0.2, -0.15) is 0 Å². The van der Waals surface area contributed by atoms with Crippen LogP contribution in [0.3, 0.4) is 0 Å².